The number of nitriles is 1. The Hall–Kier alpha value is -2.32. The van der Waals surface area contributed by atoms with Crippen molar-refractivity contribution < 1.29 is 4.74 Å². The van der Waals surface area contributed by atoms with Crippen molar-refractivity contribution in [3.05, 3.63) is 40.0 Å². The Morgan fingerprint density at radius 2 is 1.95 bits per heavy atom. The van der Waals surface area contributed by atoms with Crippen LogP contribution in [0.5, 0.6) is 11.6 Å². The van der Waals surface area contributed by atoms with E-state index in [0.29, 0.717) is 11.3 Å². The van der Waals surface area contributed by atoms with E-state index in [2.05, 4.69) is 16.0 Å². The van der Waals surface area contributed by atoms with Gasteiger partial charge in [-0.1, -0.05) is 11.6 Å². The molecule has 2 rings (SSSR count). The molecule has 19 heavy (non-hydrogen) atoms. The molecule has 96 valence electrons. The number of hydrogen-bond acceptors (Lipinski definition) is 5. The fourth-order valence-electron chi connectivity index (χ4n) is 1.71. The highest BCUT2D eigenvalue weighted by molar-refractivity contribution is 6.31. The molecule has 0 unspecified atom stereocenters. The van der Waals surface area contributed by atoms with E-state index in [-0.39, 0.29) is 16.9 Å². The molecule has 0 aliphatic rings. The zero-order chi connectivity index (χ0) is 14.0. The molecular formula is C13H11ClN4O. The van der Waals surface area contributed by atoms with Crippen molar-refractivity contribution in [3.8, 4) is 17.7 Å². The summed E-state index contributed by atoms with van der Waals surface area (Å²) >= 11 is 5.95. The van der Waals surface area contributed by atoms with Crippen LogP contribution in [0, 0.1) is 25.2 Å². The number of nitrogens with zero attached hydrogens (tertiary/aromatic N) is 3. The number of halogens is 1. The monoisotopic (exact) mass is 274 g/mol. The van der Waals surface area contributed by atoms with Crippen molar-refractivity contribution in [1.29, 1.82) is 5.26 Å². The molecule has 5 nitrogen and oxygen atoms in total. The Morgan fingerprint density at radius 3 is 2.53 bits per heavy atom. The molecule has 2 N–H and O–H groups in total. The highest BCUT2D eigenvalue weighted by atomic mass is 35.5. The number of nitrogen functional groups attached to an aromatic ring is 1. The van der Waals surface area contributed by atoms with E-state index < -0.39 is 0 Å². The molecule has 1 aromatic carbocycles. The van der Waals surface area contributed by atoms with E-state index in [1.165, 1.54) is 6.20 Å². The van der Waals surface area contributed by atoms with Crippen molar-refractivity contribution in [3.63, 3.8) is 0 Å². The SMILES string of the molecule is Cc1cc(C#N)cc(C)c1Oc1nc(N)ncc1Cl. The van der Waals surface area contributed by atoms with Gasteiger partial charge in [-0.25, -0.2) is 4.98 Å². The minimum atomic E-state index is 0.0864. The molecular weight excluding hydrogens is 264 g/mol. The van der Waals surface area contributed by atoms with Gasteiger partial charge in [0.2, 0.25) is 11.8 Å². The van der Waals surface area contributed by atoms with Crippen LogP contribution in [0.3, 0.4) is 0 Å². The maximum atomic E-state index is 8.90. The Labute approximate surface area is 115 Å². The van der Waals surface area contributed by atoms with Gasteiger partial charge in [-0.05, 0) is 37.1 Å². The number of nitrogens with two attached hydrogens (primary N) is 1. The van der Waals surface area contributed by atoms with Crippen molar-refractivity contribution >= 4 is 17.5 Å². The lowest BCUT2D eigenvalue weighted by Crippen LogP contribution is -1.99. The summed E-state index contributed by atoms with van der Waals surface area (Å²) < 4.78 is 5.68. The first kappa shape index (κ1) is 13.1. The molecule has 0 spiro atoms. The largest absolute Gasteiger partial charge is 0.437 e. The molecule has 0 aliphatic carbocycles. The van der Waals surface area contributed by atoms with E-state index in [4.69, 9.17) is 27.3 Å². The Kier molecular flexibility index (Phi) is 3.54. The molecule has 0 atom stereocenters. The van der Waals surface area contributed by atoms with Crippen LogP contribution in [0.1, 0.15) is 16.7 Å². The molecule has 6 heteroatoms. The predicted octanol–water partition coefficient (Wildman–Crippen LogP) is 2.99. The summed E-state index contributed by atoms with van der Waals surface area (Å²) in [5.41, 5.74) is 7.73. The minimum absolute atomic E-state index is 0.0864. The number of anilines is 1. The van der Waals surface area contributed by atoms with E-state index in [1.54, 1.807) is 12.1 Å². The average Bonchev–Trinajstić information content (AvgIpc) is 2.37. The summed E-state index contributed by atoms with van der Waals surface area (Å²) in [7, 11) is 0. The second-order valence-corrected chi connectivity index (χ2v) is 4.44. The lowest BCUT2D eigenvalue weighted by molar-refractivity contribution is 0.456. The smallest absolute Gasteiger partial charge is 0.243 e. The van der Waals surface area contributed by atoms with E-state index in [0.717, 1.165) is 11.1 Å². The van der Waals surface area contributed by atoms with Crippen LogP contribution in [0.15, 0.2) is 18.3 Å². The normalized spacial score (nSPS) is 10.0. The van der Waals surface area contributed by atoms with Crippen molar-refractivity contribution in [2.75, 3.05) is 5.73 Å². The Morgan fingerprint density at radius 1 is 1.32 bits per heavy atom. The number of rotatable bonds is 2. The molecule has 0 fully saturated rings. The van der Waals surface area contributed by atoms with Crippen molar-refractivity contribution in [2.45, 2.75) is 13.8 Å². The third kappa shape index (κ3) is 2.75. The molecule has 0 aliphatic heterocycles. The molecule has 0 bridgehead atoms. The maximum Gasteiger partial charge on any atom is 0.243 e. The van der Waals surface area contributed by atoms with Crippen LogP contribution in [-0.2, 0) is 0 Å². The van der Waals surface area contributed by atoms with Gasteiger partial charge in [0.1, 0.15) is 10.8 Å². The van der Waals surface area contributed by atoms with Crippen LogP contribution in [0.25, 0.3) is 0 Å². The number of aromatic nitrogens is 2. The molecule has 0 saturated carbocycles. The van der Waals surface area contributed by atoms with E-state index in [9.17, 15) is 0 Å². The van der Waals surface area contributed by atoms with Crippen LogP contribution < -0.4 is 10.5 Å². The lowest BCUT2D eigenvalue weighted by atomic mass is 10.1. The Balaban J connectivity index is 2.44. The molecule has 0 saturated heterocycles. The molecule has 0 amide bonds. The van der Waals surface area contributed by atoms with E-state index >= 15 is 0 Å². The van der Waals surface area contributed by atoms with Crippen LogP contribution in [0.4, 0.5) is 5.95 Å². The second kappa shape index (κ2) is 5.12. The minimum Gasteiger partial charge on any atom is -0.437 e. The van der Waals surface area contributed by atoms with Crippen LogP contribution >= 0.6 is 11.6 Å². The van der Waals surface area contributed by atoms with Gasteiger partial charge in [-0.3, -0.25) is 0 Å². The van der Waals surface area contributed by atoms with Gasteiger partial charge in [-0.2, -0.15) is 10.2 Å². The number of aryl methyl sites for hydroxylation is 2. The van der Waals surface area contributed by atoms with Gasteiger partial charge in [-0.15, -0.1) is 0 Å². The topological polar surface area (TPSA) is 84.8 Å². The Bertz CT molecular complexity index is 656. The summed E-state index contributed by atoms with van der Waals surface area (Å²) in [6, 6.07) is 5.57. The summed E-state index contributed by atoms with van der Waals surface area (Å²) in [5.74, 6) is 0.896. The van der Waals surface area contributed by atoms with Gasteiger partial charge >= 0.3 is 0 Å². The first-order chi connectivity index (χ1) is 9.01. The second-order valence-electron chi connectivity index (χ2n) is 4.03. The standard InChI is InChI=1S/C13H11ClN4O/c1-7-3-9(5-15)4-8(2)11(7)19-12-10(14)6-17-13(16)18-12/h3-4,6H,1-2H3,(H2,16,17,18). The predicted molar refractivity (Wildman–Crippen MR) is 72.2 cm³/mol. The summed E-state index contributed by atoms with van der Waals surface area (Å²) in [6.45, 7) is 3.70. The zero-order valence-corrected chi connectivity index (χ0v) is 11.2. The summed E-state index contributed by atoms with van der Waals surface area (Å²) in [4.78, 5) is 7.71. The maximum absolute atomic E-state index is 8.90. The van der Waals surface area contributed by atoms with Gasteiger partial charge in [0.25, 0.3) is 0 Å². The number of hydrogen-bond donors (Lipinski definition) is 1. The van der Waals surface area contributed by atoms with Gasteiger partial charge < -0.3 is 10.5 Å². The molecule has 2 aromatic rings. The lowest BCUT2D eigenvalue weighted by Gasteiger charge is -2.12. The first-order valence-electron chi connectivity index (χ1n) is 5.48. The third-order valence-corrected chi connectivity index (χ3v) is 2.78. The zero-order valence-electron chi connectivity index (χ0n) is 10.4. The fourth-order valence-corrected chi connectivity index (χ4v) is 1.84. The number of ether oxygens (including phenoxy) is 1. The quantitative estimate of drug-likeness (QED) is 0.910. The molecule has 1 aromatic heterocycles. The summed E-state index contributed by atoms with van der Waals surface area (Å²) in [5, 5.41) is 9.17. The molecule has 0 radical (unpaired) electrons. The molecule has 1 heterocycles. The first-order valence-corrected chi connectivity index (χ1v) is 5.86. The third-order valence-electron chi connectivity index (χ3n) is 2.52. The van der Waals surface area contributed by atoms with Gasteiger partial charge in [0.15, 0.2) is 0 Å². The van der Waals surface area contributed by atoms with Crippen LogP contribution in [-0.4, -0.2) is 9.97 Å². The van der Waals surface area contributed by atoms with Gasteiger partial charge in [0.05, 0.1) is 17.8 Å². The van der Waals surface area contributed by atoms with Crippen molar-refractivity contribution in [1.82, 2.24) is 9.97 Å². The van der Waals surface area contributed by atoms with Crippen molar-refractivity contribution in [2.24, 2.45) is 0 Å². The number of benzene rings is 1. The average molecular weight is 275 g/mol. The highest BCUT2D eigenvalue weighted by Gasteiger charge is 2.12. The summed E-state index contributed by atoms with van der Waals surface area (Å²) in [6.07, 6.45) is 1.38. The fraction of sp³-hybridized carbons (Fsp3) is 0.154. The highest BCUT2D eigenvalue weighted by Crippen LogP contribution is 2.32. The van der Waals surface area contributed by atoms with Gasteiger partial charge in [0, 0.05) is 0 Å². The van der Waals surface area contributed by atoms with Crippen LogP contribution in [0.2, 0.25) is 5.02 Å². The van der Waals surface area contributed by atoms with E-state index in [1.807, 2.05) is 13.8 Å².